The summed E-state index contributed by atoms with van der Waals surface area (Å²) in [5.74, 6) is -0.696. The summed E-state index contributed by atoms with van der Waals surface area (Å²) in [7, 11) is 5.94. The molecule has 1 saturated carbocycles. The van der Waals surface area contributed by atoms with Crippen LogP contribution in [0.3, 0.4) is 0 Å². The van der Waals surface area contributed by atoms with Crippen LogP contribution < -0.4 is 0 Å². The lowest BCUT2D eigenvalue weighted by molar-refractivity contribution is 0.444. The Hall–Kier alpha value is -1.64. The molecule has 3 rings (SSSR count). The fourth-order valence-corrected chi connectivity index (χ4v) is 3.08. The van der Waals surface area contributed by atoms with Crippen LogP contribution in [-0.2, 0) is 0 Å². The van der Waals surface area contributed by atoms with E-state index in [-0.39, 0.29) is 0 Å². The van der Waals surface area contributed by atoms with Gasteiger partial charge in [0, 0.05) is 0 Å². The van der Waals surface area contributed by atoms with Gasteiger partial charge in [0.1, 0.15) is 0 Å². The molecule has 0 spiro atoms. The maximum Gasteiger partial charge on any atom is 0.159 e. The molecule has 2 radical (unpaired) electrons. The van der Waals surface area contributed by atoms with Crippen LogP contribution in [0, 0.1) is 11.6 Å². The molecule has 1 fully saturated rings. The molecule has 0 unspecified atom stereocenters. The first-order valence-corrected chi connectivity index (χ1v) is 7.44. The number of hydrogen-bond acceptors (Lipinski definition) is 0. The van der Waals surface area contributed by atoms with Crippen LogP contribution in [0.1, 0.15) is 37.2 Å². The molecule has 0 heterocycles. The lowest BCUT2D eigenvalue weighted by Crippen LogP contribution is -2.09. The van der Waals surface area contributed by atoms with Crippen molar-refractivity contribution < 1.29 is 8.78 Å². The van der Waals surface area contributed by atoms with Crippen molar-refractivity contribution in [2.75, 3.05) is 0 Å². The lowest BCUT2D eigenvalue weighted by atomic mass is 9.70. The molecule has 0 bridgehead atoms. The van der Waals surface area contributed by atoms with Crippen molar-refractivity contribution in [3.05, 3.63) is 59.7 Å². The zero-order valence-corrected chi connectivity index (χ0v) is 11.9. The van der Waals surface area contributed by atoms with Gasteiger partial charge in [0.2, 0.25) is 0 Å². The summed E-state index contributed by atoms with van der Waals surface area (Å²) in [5.41, 5.74) is 2.92. The van der Waals surface area contributed by atoms with E-state index < -0.39 is 11.6 Å². The molecule has 0 aromatic heterocycles. The van der Waals surface area contributed by atoms with Crippen LogP contribution in [0.5, 0.6) is 0 Å². The van der Waals surface area contributed by atoms with Gasteiger partial charge in [-0.1, -0.05) is 49.0 Å². The minimum atomic E-state index is -0.811. The van der Waals surface area contributed by atoms with Gasteiger partial charge in [0.25, 0.3) is 0 Å². The second kappa shape index (κ2) is 6.01. The van der Waals surface area contributed by atoms with E-state index >= 15 is 0 Å². The molecule has 1 aliphatic carbocycles. The Bertz CT molecular complexity index is 614. The first kappa shape index (κ1) is 14.3. The van der Waals surface area contributed by atoms with E-state index in [1.54, 1.807) is 6.07 Å². The van der Waals surface area contributed by atoms with E-state index in [0.29, 0.717) is 17.3 Å². The van der Waals surface area contributed by atoms with E-state index in [9.17, 15) is 8.78 Å². The fraction of sp³-hybridized carbons (Fsp3) is 0.333. The molecule has 0 aliphatic heterocycles. The highest BCUT2D eigenvalue weighted by molar-refractivity contribution is 6.11. The van der Waals surface area contributed by atoms with E-state index in [1.165, 1.54) is 17.7 Å². The van der Waals surface area contributed by atoms with Gasteiger partial charge in [-0.2, -0.15) is 0 Å². The molecule has 0 saturated heterocycles. The zero-order chi connectivity index (χ0) is 14.8. The number of benzene rings is 2. The maximum absolute atomic E-state index is 13.3. The van der Waals surface area contributed by atoms with Gasteiger partial charge in [-0.15, -0.1) is 0 Å². The summed E-state index contributed by atoms with van der Waals surface area (Å²) < 4.78 is 26.3. The Kier molecular flexibility index (Phi) is 4.09. The minimum Gasteiger partial charge on any atom is -0.204 e. The molecule has 106 valence electrons. The van der Waals surface area contributed by atoms with E-state index in [1.807, 2.05) is 12.1 Å². The van der Waals surface area contributed by atoms with Gasteiger partial charge in [0.15, 0.2) is 11.6 Å². The second-order valence-corrected chi connectivity index (χ2v) is 5.86. The predicted molar refractivity (Wildman–Crippen MR) is 82.5 cm³/mol. The highest BCUT2D eigenvalue weighted by atomic mass is 19.2. The highest BCUT2D eigenvalue weighted by Crippen LogP contribution is 2.37. The van der Waals surface area contributed by atoms with Crippen molar-refractivity contribution in [1.82, 2.24) is 0 Å². The van der Waals surface area contributed by atoms with E-state index in [2.05, 4.69) is 12.1 Å². The van der Waals surface area contributed by atoms with Gasteiger partial charge in [-0.25, -0.2) is 8.78 Å². The average Bonchev–Trinajstić information content (AvgIpc) is 2.51. The third kappa shape index (κ3) is 3.17. The second-order valence-electron chi connectivity index (χ2n) is 5.86. The minimum absolute atomic E-state index is 0.350. The van der Waals surface area contributed by atoms with Crippen molar-refractivity contribution >= 4 is 7.85 Å². The Balaban J connectivity index is 1.79. The number of rotatable bonds is 2. The Labute approximate surface area is 125 Å². The average molecular weight is 282 g/mol. The topological polar surface area (TPSA) is 0 Å². The molecule has 0 atom stereocenters. The molecule has 0 nitrogen and oxygen atoms in total. The largest absolute Gasteiger partial charge is 0.204 e. The van der Waals surface area contributed by atoms with Gasteiger partial charge in [0.05, 0.1) is 7.85 Å². The molecule has 21 heavy (non-hydrogen) atoms. The Morgan fingerprint density at radius 1 is 0.762 bits per heavy atom. The highest BCUT2D eigenvalue weighted by Gasteiger charge is 2.19. The maximum atomic E-state index is 13.3. The molecule has 1 aliphatic rings. The molecule has 3 heteroatoms. The predicted octanol–water partition coefficient (Wildman–Crippen LogP) is 5.25. The standard InChI is InChI=1S/C18H17BF2/c19-16-8-5-13(6-9-16)12-1-3-14(4-2-12)15-7-10-17(20)18(21)11-15/h1-4,7,10-11,13,16H,5-6,8-9H2. The summed E-state index contributed by atoms with van der Waals surface area (Å²) in [6, 6.07) is 12.2. The van der Waals surface area contributed by atoms with Crippen LogP contribution in [0.25, 0.3) is 11.1 Å². The molecular weight excluding hydrogens is 265 g/mol. The summed E-state index contributed by atoms with van der Waals surface area (Å²) >= 11 is 0. The van der Waals surface area contributed by atoms with Crippen LogP contribution in [-0.4, -0.2) is 7.85 Å². The SMILES string of the molecule is [B]C1CCC(c2ccc(-c3ccc(F)c(F)c3)cc2)CC1. The van der Waals surface area contributed by atoms with Crippen molar-refractivity contribution in [3.8, 4) is 11.1 Å². The first-order chi connectivity index (χ1) is 10.1. The summed E-state index contributed by atoms with van der Waals surface area (Å²) in [6.45, 7) is 0. The van der Waals surface area contributed by atoms with Gasteiger partial charge in [-0.05, 0) is 47.6 Å². The van der Waals surface area contributed by atoms with Gasteiger partial charge in [-0.3, -0.25) is 0 Å². The van der Waals surface area contributed by atoms with Gasteiger partial charge < -0.3 is 0 Å². The zero-order valence-electron chi connectivity index (χ0n) is 11.9. The van der Waals surface area contributed by atoms with E-state index in [4.69, 9.17) is 7.85 Å². The smallest absolute Gasteiger partial charge is 0.159 e. The van der Waals surface area contributed by atoms with Crippen LogP contribution >= 0.6 is 0 Å². The van der Waals surface area contributed by atoms with Crippen molar-refractivity contribution in [2.45, 2.75) is 37.4 Å². The molecule has 2 aromatic carbocycles. The quantitative estimate of drug-likeness (QED) is 0.660. The van der Waals surface area contributed by atoms with Crippen molar-refractivity contribution in [1.29, 1.82) is 0 Å². The monoisotopic (exact) mass is 282 g/mol. The van der Waals surface area contributed by atoms with Gasteiger partial charge >= 0.3 is 0 Å². The summed E-state index contributed by atoms with van der Waals surface area (Å²) in [4.78, 5) is 0. The summed E-state index contributed by atoms with van der Waals surface area (Å²) in [6.07, 6.45) is 4.42. The molecule has 0 amide bonds. The van der Waals surface area contributed by atoms with Crippen LogP contribution in [0.4, 0.5) is 8.78 Å². The molecule has 0 N–H and O–H groups in total. The fourth-order valence-electron chi connectivity index (χ4n) is 3.08. The Morgan fingerprint density at radius 2 is 1.38 bits per heavy atom. The van der Waals surface area contributed by atoms with Crippen molar-refractivity contribution in [2.24, 2.45) is 0 Å². The third-order valence-electron chi connectivity index (χ3n) is 4.41. The summed E-state index contributed by atoms with van der Waals surface area (Å²) in [5, 5.41) is 0. The first-order valence-electron chi connectivity index (χ1n) is 7.44. The van der Waals surface area contributed by atoms with E-state index in [0.717, 1.165) is 31.2 Å². The Morgan fingerprint density at radius 3 is 2.00 bits per heavy atom. The molecule has 2 aromatic rings. The van der Waals surface area contributed by atoms with Crippen molar-refractivity contribution in [3.63, 3.8) is 0 Å². The van der Waals surface area contributed by atoms with Crippen LogP contribution in [0.2, 0.25) is 5.82 Å². The number of hydrogen-bond donors (Lipinski definition) is 0. The normalized spacial score (nSPS) is 22.2. The third-order valence-corrected chi connectivity index (χ3v) is 4.41. The lowest BCUT2D eigenvalue weighted by Gasteiger charge is -2.26. The van der Waals surface area contributed by atoms with Crippen LogP contribution in [0.15, 0.2) is 42.5 Å². The molecular formula is C18H17BF2. The number of halogens is 2.